The quantitative estimate of drug-likeness (QED) is 0.486. The zero-order chi connectivity index (χ0) is 18.9. The van der Waals surface area contributed by atoms with Crippen molar-refractivity contribution in [2.45, 2.75) is 32.6 Å². The van der Waals surface area contributed by atoms with Crippen LogP contribution >= 0.6 is 0 Å². The highest BCUT2D eigenvalue weighted by Gasteiger charge is 2.05. The lowest BCUT2D eigenvalue weighted by Crippen LogP contribution is -2.11. The fourth-order valence-corrected chi connectivity index (χ4v) is 1.70. The monoisotopic (exact) mass is 348 g/mol. The number of cyclic esters (lactones) is 1. The summed E-state index contributed by atoms with van der Waals surface area (Å²) < 4.78 is 4.76. The van der Waals surface area contributed by atoms with Crippen molar-refractivity contribution < 1.29 is 19.1 Å². The van der Waals surface area contributed by atoms with Crippen LogP contribution in [-0.4, -0.2) is 37.8 Å². The molecule has 1 fully saturated rings. The van der Waals surface area contributed by atoms with Gasteiger partial charge in [0.05, 0.1) is 18.0 Å². The molecule has 0 saturated carbocycles. The molecule has 0 atom stereocenters. The van der Waals surface area contributed by atoms with Gasteiger partial charge in [0.2, 0.25) is 12.2 Å². The van der Waals surface area contributed by atoms with Gasteiger partial charge in [0.25, 0.3) is 0 Å². The molecule has 0 radical (unpaired) electrons. The van der Waals surface area contributed by atoms with E-state index in [0.717, 1.165) is 24.8 Å². The smallest absolute Gasteiger partial charge is 0.305 e. The topological polar surface area (TPSA) is 137 Å². The predicted octanol–water partition coefficient (Wildman–Crippen LogP) is 1.94. The van der Waals surface area contributed by atoms with Crippen molar-refractivity contribution in [3.63, 3.8) is 0 Å². The first-order valence-electron chi connectivity index (χ1n) is 7.91. The normalized spacial score (nSPS) is 12.5. The minimum Gasteiger partial charge on any atom is -0.466 e. The average Bonchev–Trinajstić information content (AvgIpc) is 2.87. The number of hydrogen-bond acceptors (Lipinski definition) is 8. The highest BCUT2D eigenvalue weighted by atomic mass is 16.5. The number of benzene rings is 1. The van der Waals surface area contributed by atoms with Gasteiger partial charge in [-0.05, 0) is 43.9 Å². The van der Waals surface area contributed by atoms with Crippen molar-refractivity contribution in [1.29, 1.82) is 0 Å². The van der Waals surface area contributed by atoms with E-state index in [4.69, 9.17) is 16.2 Å². The Morgan fingerprint density at radius 3 is 2.36 bits per heavy atom. The molecule has 0 aromatic heterocycles. The number of nitrogens with zero attached hydrogens (tertiary/aromatic N) is 2. The Hall–Kier alpha value is -2.63. The van der Waals surface area contributed by atoms with Crippen LogP contribution in [0.5, 0.6) is 0 Å². The predicted molar refractivity (Wildman–Crippen MR) is 94.3 cm³/mol. The van der Waals surface area contributed by atoms with Crippen molar-refractivity contribution in [2.24, 2.45) is 21.5 Å². The third-order valence-corrected chi connectivity index (χ3v) is 2.99. The summed E-state index contributed by atoms with van der Waals surface area (Å²) in [6, 6.07) is 4.88. The summed E-state index contributed by atoms with van der Waals surface area (Å²) in [7, 11) is 0. The molecule has 0 aliphatic carbocycles. The molecule has 0 amide bonds. The molecule has 8 nitrogen and oxygen atoms in total. The molecule has 0 unspecified atom stereocenters. The first-order chi connectivity index (χ1) is 12.1. The lowest BCUT2D eigenvalue weighted by molar-refractivity contribution is -0.142. The molecule has 1 aromatic rings. The average molecular weight is 348 g/mol. The maximum atomic E-state index is 10.5. The number of nitrogens with two attached hydrogens (primary N) is 2. The molecule has 0 spiro atoms. The van der Waals surface area contributed by atoms with Crippen LogP contribution in [0, 0.1) is 6.92 Å². The van der Waals surface area contributed by atoms with Crippen LogP contribution in [0.3, 0.4) is 0 Å². The van der Waals surface area contributed by atoms with Gasteiger partial charge in [0.1, 0.15) is 0 Å². The number of esters is 1. The maximum absolute atomic E-state index is 10.5. The Balaban J connectivity index is 0.000000407. The number of ether oxygens (including phenoxy) is 1. The van der Waals surface area contributed by atoms with E-state index in [9.17, 15) is 14.4 Å². The summed E-state index contributed by atoms with van der Waals surface area (Å²) in [4.78, 5) is 37.2. The van der Waals surface area contributed by atoms with Gasteiger partial charge >= 0.3 is 5.97 Å². The molecule has 2 rings (SSSR count). The lowest BCUT2D eigenvalue weighted by atomic mass is 10.2. The summed E-state index contributed by atoms with van der Waals surface area (Å²) in [5.74, 6) is -0.0255. The minimum absolute atomic E-state index is 0.0255. The molecule has 1 heterocycles. The summed E-state index contributed by atoms with van der Waals surface area (Å²) in [5, 5.41) is 0. The van der Waals surface area contributed by atoms with E-state index in [0.29, 0.717) is 37.5 Å². The molecule has 1 aliphatic heterocycles. The molecule has 0 bridgehead atoms. The van der Waals surface area contributed by atoms with E-state index in [2.05, 4.69) is 9.98 Å². The number of hydrogen-bond donors (Lipinski definition) is 2. The third-order valence-electron chi connectivity index (χ3n) is 2.99. The third kappa shape index (κ3) is 11.5. The number of aryl methyl sites for hydroxylation is 1. The lowest BCUT2D eigenvalue weighted by Gasteiger charge is -1.97. The Morgan fingerprint density at radius 2 is 1.76 bits per heavy atom. The SMILES string of the molecule is Cc1ccc(N=C=O)cc1N=C=O.NCCN.O=C1CCCCCO1. The van der Waals surface area contributed by atoms with Crippen LogP contribution in [0.2, 0.25) is 0 Å². The Kier molecular flexibility index (Phi) is 13.4. The second-order valence-corrected chi connectivity index (χ2v) is 4.99. The van der Waals surface area contributed by atoms with E-state index < -0.39 is 0 Å². The van der Waals surface area contributed by atoms with Gasteiger partial charge in [-0.1, -0.05) is 6.07 Å². The van der Waals surface area contributed by atoms with E-state index >= 15 is 0 Å². The van der Waals surface area contributed by atoms with Gasteiger partial charge in [-0.15, -0.1) is 0 Å². The van der Waals surface area contributed by atoms with Crippen molar-refractivity contribution in [3.8, 4) is 0 Å². The summed E-state index contributed by atoms with van der Waals surface area (Å²) in [5.41, 5.74) is 11.5. The van der Waals surface area contributed by atoms with Crippen LogP contribution in [-0.2, 0) is 19.1 Å². The van der Waals surface area contributed by atoms with Crippen LogP contribution in [0.25, 0.3) is 0 Å². The van der Waals surface area contributed by atoms with Crippen LogP contribution in [0.1, 0.15) is 31.2 Å². The van der Waals surface area contributed by atoms with E-state index in [1.54, 1.807) is 19.1 Å². The molecule has 1 aliphatic rings. The fraction of sp³-hybridized carbons (Fsp3) is 0.471. The fourth-order valence-electron chi connectivity index (χ4n) is 1.70. The number of rotatable bonds is 3. The zero-order valence-electron chi connectivity index (χ0n) is 14.4. The molecule has 8 heteroatoms. The van der Waals surface area contributed by atoms with Crippen molar-refractivity contribution in [2.75, 3.05) is 19.7 Å². The van der Waals surface area contributed by atoms with Gasteiger partial charge in [0, 0.05) is 19.5 Å². The van der Waals surface area contributed by atoms with E-state index in [1.165, 1.54) is 18.2 Å². The highest BCUT2D eigenvalue weighted by Crippen LogP contribution is 2.23. The van der Waals surface area contributed by atoms with Gasteiger partial charge in [-0.3, -0.25) is 4.79 Å². The molecule has 25 heavy (non-hydrogen) atoms. The summed E-state index contributed by atoms with van der Waals surface area (Å²) in [6.45, 7) is 3.63. The van der Waals surface area contributed by atoms with Gasteiger partial charge < -0.3 is 16.2 Å². The molecule has 4 N–H and O–H groups in total. The van der Waals surface area contributed by atoms with Crippen molar-refractivity contribution >= 4 is 29.5 Å². The standard InChI is InChI=1S/C9H6N2O2.C6H10O2.C2H8N2/c1-7-2-3-8(10-5-12)4-9(7)11-6-13;7-6-4-2-1-3-5-8-6;3-1-2-4/h2-4H,1H3;1-5H2;1-4H2. The second kappa shape index (κ2) is 14.9. The molecule has 136 valence electrons. The second-order valence-electron chi connectivity index (χ2n) is 4.99. The Bertz CT molecular complexity index is 609. The van der Waals surface area contributed by atoms with Crippen molar-refractivity contribution in [1.82, 2.24) is 0 Å². The first-order valence-corrected chi connectivity index (χ1v) is 7.91. The molecule has 1 saturated heterocycles. The van der Waals surface area contributed by atoms with Gasteiger partial charge in [-0.2, -0.15) is 9.98 Å². The summed E-state index contributed by atoms with van der Waals surface area (Å²) in [6.07, 6.45) is 6.67. The number of carbonyl (C=O) groups excluding carboxylic acids is 3. The highest BCUT2D eigenvalue weighted by molar-refractivity contribution is 5.69. The van der Waals surface area contributed by atoms with Crippen molar-refractivity contribution in [3.05, 3.63) is 23.8 Å². The minimum atomic E-state index is -0.0255. The Labute approximate surface area is 147 Å². The molecule has 1 aromatic carbocycles. The number of carbonyl (C=O) groups is 1. The maximum Gasteiger partial charge on any atom is 0.305 e. The van der Waals surface area contributed by atoms with Crippen LogP contribution in [0.15, 0.2) is 28.2 Å². The van der Waals surface area contributed by atoms with E-state index in [1.807, 2.05) is 0 Å². The molecular weight excluding hydrogens is 324 g/mol. The van der Waals surface area contributed by atoms with Gasteiger partial charge in [-0.25, -0.2) is 9.59 Å². The Morgan fingerprint density at radius 1 is 1.08 bits per heavy atom. The first kappa shape index (κ1) is 22.4. The number of isocyanates is 2. The summed E-state index contributed by atoms with van der Waals surface area (Å²) >= 11 is 0. The van der Waals surface area contributed by atoms with Crippen LogP contribution in [0.4, 0.5) is 11.4 Å². The zero-order valence-corrected chi connectivity index (χ0v) is 14.4. The molecular formula is C17H24N4O4. The van der Waals surface area contributed by atoms with E-state index in [-0.39, 0.29) is 5.97 Å². The van der Waals surface area contributed by atoms with Crippen LogP contribution < -0.4 is 11.5 Å². The van der Waals surface area contributed by atoms with Gasteiger partial charge in [0.15, 0.2) is 0 Å². The largest absolute Gasteiger partial charge is 0.466 e. The number of aliphatic imine (C=N–C) groups is 2.